The molecule has 0 fully saturated rings. The van der Waals surface area contributed by atoms with E-state index in [-0.39, 0.29) is 16.7 Å². The van der Waals surface area contributed by atoms with Crippen molar-refractivity contribution in [2.45, 2.75) is 24.7 Å². The summed E-state index contributed by atoms with van der Waals surface area (Å²) >= 11 is 1.29. The van der Waals surface area contributed by atoms with Gasteiger partial charge in [0.25, 0.3) is 0 Å². The number of phenols is 1. The zero-order valence-electron chi connectivity index (χ0n) is 11.8. The van der Waals surface area contributed by atoms with E-state index >= 15 is 0 Å². The van der Waals surface area contributed by atoms with Crippen molar-refractivity contribution in [2.75, 3.05) is 12.4 Å². The third-order valence-corrected chi connectivity index (χ3v) is 3.55. The molecule has 0 aliphatic carbocycles. The van der Waals surface area contributed by atoms with Gasteiger partial charge in [0, 0.05) is 7.11 Å². The van der Waals surface area contributed by atoms with Gasteiger partial charge in [-0.25, -0.2) is 9.59 Å². The predicted molar refractivity (Wildman–Crippen MR) is 78.7 cm³/mol. The van der Waals surface area contributed by atoms with Gasteiger partial charge in [-0.2, -0.15) is 0 Å². The Hall–Kier alpha value is -1.93. The first kappa shape index (κ1) is 17.1. The number of carbonyl (C=O) groups is 2. The van der Waals surface area contributed by atoms with Gasteiger partial charge in [0.15, 0.2) is 5.75 Å². The number of methoxy groups -OCH3 is 1. The van der Waals surface area contributed by atoms with E-state index in [1.165, 1.54) is 30.0 Å². The Labute approximate surface area is 126 Å². The molecule has 2 atom stereocenters. The maximum absolute atomic E-state index is 11.7. The second-order valence-electron chi connectivity index (χ2n) is 4.04. The van der Waals surface area contributed by atoms with Crippen molar-refractivity contribution in [3.05, 3.63) is 23.8 Å². The van der Waals surface area contributed by atoms with E-state index in [0.717, 1.165) is 0 Å². The van der Waals surface area contributed by atoms with Crippen LogP contribution in [0, 0.1) is 0 Å². The number of hydrogen-bond donors (Lipinski definition) is 3. The van der Waals surface area contributed by atoms with Gasteiger partial charge in [0.1, 0.15) is 16.4 Å². The van der Waals surface area contributed by atoms with E-state index in [9.17, 15) is 14.7 Å². The lowest BCUT2D eigenvalue weighted by atomic mass is 10.2. The highest BCUT2D eigenvalue weighted by Gasteiger charge is 2.17. The number of aromatic carboxylic acids is 1. The van der Waals surface area contributed by atoms with E-state index in [0.29, 0.717) is 0 Å². The maximum atomic E-state index is 11.7. The van der Waals surface area contributed by atoms with Gasteiger partial charge in [-0.1, -0.05) is 17.8 Å². The van der Waals surface area contributed by atoms with E-state index in [2.05, 4.69) is 5.32 Å². The number of rotatable bonds is 6. The van der Waals surface area contributed by atoms with Crippen molar-refractivity contribution in [3.8, 4) is 5.75 Å². The molecule has 0 aromatic heterocycles. The molecular weight excluding hydrogens is 298 g/mol. The Kier molecular flexibility index (Phi) is 6.32. The number of nitrogens with one attached hydrogen (secondary N) is 1. The number of hydrogen-bond acceptors (Lipinski definition) is 6. The summed E-state index contributed by atoms with van der Waals surface area (Å²) in [5, 5.41) is 20.9. The molecule has 0 radical (unpaired) electrons. The van der Waals surface area contributed by atoms with Crippen LogP contribution in [0.25, 0.3) is 0 Å². The number of carboxylic acid groups (broad SMARTS) is 1. The third kappa shape index (κ3) is 5.16. The number of ether oxygens (including phenoxy) is 2. The Bertz CT molecular complexity index is 521. The van der Waals surface area contributed by atoms with Crippen molar-refractivity contribution in [1.29, 1.82) is 0 Å². The highest BCUT2D eigenvalue weighted by Crippen LogP contribution is 2.28. The highest BCUT2D eigenvalue weighted by atomic mass is 32.2. The van der Waals surface area contributed by atoms with Crippen molar-refractivity contribution in [2.24, 2.45) is 0 Å². The van der Waals surface area contributed by atoms with Crippen LogP contribution in [0.15, 0.2) is 18.2 Å². The first-order valence-corrected chi connectivity index (χ1v) is 7.00. The molecule has 2 unspecified atom stereocenters. The van der Waals surface area contributed by atoms with Crippen LogP contribution in [0.5, 0.6) is 5.75 Å². The average Bonchev–Trinajstić information content (AvgIpc) is 2.40. The van der Waals surface area contributed by atoms with E-state index < -0.39 is 23.2 Å². The van der Waals surface area contributed by atoms with Crippen LogP contribution in [0.4, 0.5) is 10.5 Å². The summed E-state index contributed by atoms with van der Waals surface area (Å²) in [5.74, 6) is -1.81. The lowest BCUT2D eigenvalue weighted by molar-refractivity contribution is 0.0693. The molecule has 1 aromatic carbocycles. The summed E-state index contributed by atoms with van der Waals surface area (Å²) in [7, 11) is 1.54. The summed E-state index contributed by atoms with van der Waals surface area (Å²) in [6.45, 7) is 3.48. The largest absolute Gasteiger partial charge is 0.505 e. The molecule has 116 valence electrons. The fourth-order valence-corrected chi connectivity index (χ4v) is 2.25. The van der Waals surface area contributed by atoms with Gasteiger partial charge in [-0.15, -0.1) is 0 Å². The molecule has 0 saturated heterocycles. The van der Waals surface area contributed by atoms with Crippen LogP contribution in [-0.2, 0) is 9.47 Å². The second-order valence-corrected chi connectivity index (χ2v) is 5.64. The molecule has 0 bridgehead atoms. The van der Waals surface area contributed by atoms with Crippen LogP contribution in [0.1, 0.15) is 24.2 Å². The monoisotopic (exact) mass is 315 g/mol. The van der Waals surface area contributed by atoms with Crippen molar-refractivity contribution >= 4 is 29.5 Å². The lowest BCUT2D eigenvalue weighted by Crippen LogP contribution is -2.20. The first-order chi connectivity index (χ1) is 9.85. The van der Waals surface area contributed by atoms with Crippen LogP contribution in [0.2, 0.25) is 0 Å². The van der Waals surface area contributed by atoms with Gasteiger partial charge >= 0.3 is 12.1 Å². The molecule has 8 heteroatoms. The molecule has 0 spiro atoms. The van der Waals surface area contributed by atoms with E-state index in [4.69, 9.17) is 14.6 Å². The molecule has 1 amide bonds. The molecule has 0 saturated carbocycles. The summed E-state index contributed by atoms with van der Waals surface area (Å²) < 4.78 is 10.1. The molecule has 1 aromatic rings. The van der Waals surface area contributed by atoms with E-state index in [1.807, 2.05) is 6.92 Å². The second kappa shape index (κ2) is 7.75. The summed E-state index contributed by atoms with van der Waals surface area (Å²) in [6, 6.07) is 4.01. The number of thioether (sulfide) groups is 1. The zero-order valence-corrected chi connectivity index (χ0v) is 12.6. The van der Waals surface area contributed by atoms with Crippen molar-refractivity contribution in [3.63, 3.8) is 0 Å². The smallest absolute Gasteiger partial charge is 0.412 e. The fourth-order valence-electron chi connectivity index (χ4n) is 1.46. The van der Waals surface area contributed by atoms with Crippen LogP contribution in [-0.4, -0.2) is 40.3 Å². The molecule has 0 heterocycles. The van der Waals surface area contributed by atoms with Gasteiger partial charge in [0.05, 0.1) is 5.69 Å². The van der Waals surface area contributed by atoms with Crippen LogP contribution in [0.3, 0.4) is 0 Å². The SMILES string of the molecule is COC(C)SC(C)OC(=O)Nc1cccc(C(=O)O)c1O. The van der Waals surface area contributed by atoms with Crippen molar-refractivity contribution in [1.82, 2.24) is 0 Å². The quantitative estimate of drug-likeness (QED) is 0.547. The summed E-state index contributed by atoms with van der Waals surface area (Å²) in [4.78, 5) is 22.6. The Morgan fingerprint density at radius 1 is 1.29 bits per heavy atom. The lowest BCUT2D eigenvalue weighted by Gasteiger charge is -2.17. The predicted octanol–water partition coefficient (Wildman–Crippen LogP) is 2.71. The van der Waals surface area contributed by atoms with Crippen molar-refractivity contribution < 1.29 is 29.3 Å². The number of amides is 1. The number of anilines is 1. The number of para-hydroxylation sites is 1. The molecule has 0 aliphatic heterocycles. The van der Waals surface area contributed by atoms with Gasteiger partial charge in [-0.3, -0.25) is 5.32 Å². The third-order valence-electron chi connectivity index (χ3n) is 2.49. The number of carboxylic acids is 1. The van der Waals surface area contributed by atoms with E-state index in [1.54, 1.807) is 14.0 Å². The molecule has 0 aliphatic rings. The zero-order chi connectivity index (χ0) is 16.0. The highest BCUT2D eigenvalue weighted by molar-refractivity contribution is 8.00. The number of aromatic hydroxyl groups is 1. The molecule has 1 rings (SSSR count). The Morgan fingerprint density at radius 2 is 1.95 bits per heavy atom. The van der Waals surface area contributed by atoms with Gasteiger partial charge < -0.3 is 19.7 Å². The fraction of sp³-hybridized carbons (Fsp3) is 0.385. The Morgan fingerprint density at radius 3 is 2.52 bits per heavy atom. The standard InChI is InChI=1S/C13H17NO6S/c1-7(19-3)21-8(2)20-13(18)14-10-6-4-5-9(11(10)15)12(16)17/h4-8,15H,1-3H3,(H,14,18)(H,16,17). The minimum Gasteiger partial charge on any atom is -0.505 e. The maximum Gasteiger partial charge on any atom is 0.412 e. The molecule has 21 heavy (non-hydrogen) atoms. The topological polar surface area (TPSA) is 105 Å². The van der Waals surface area contributed by atoms with Gasteiger partial charge in [0.2, 0.25) is 0 Å². The minimum atomic E-state index is -1.29. The van der Waals surface area contributed by atoms with Gasteiger partial charge in [-0.05, 0) is 26.0 Å². The average molecular weight is 315 g/mol. The van der Waals surface area contributed by atoms with Crippen LogP contribution >= 0.6 is 11.8 Å². The minimum absolute atomic E-state index is 0.0307. The summed E-state index contributed by atoms with van der Waals surface area (Å²) in [5.41, 5.74) is -0.943. The van der Waals surface area contributed by atoms with Crippen LogP contribution < -0.4 is 5.32 Å². The molecule has 7 nitrogen and oxygen atoms in total. The molecule has 3 N–H and O–H groups in total. The normalized spacial score (nSPS) is 13.3. The number of carbonyl (C=O) groups excluding carboxylic acids is 1. The summed E-state index contributed by atoms with van der Waals surface area (Å²) in [6.07, 6.45) is -0.795. The Balaban J connectivity index is 2.67. The first-order valence-electron chi connectivity index (χ1n) is 6.06. The molecular formula is C13H17NO6S. The number of benzene rings is 1.